The van der Waals surface area contributed by atoms with E-state index >= 15 is 0 Å². The summed E-state index contributed by atoms with van der Waals surface area (Å²) in [6.07, 6.45) is 4.92. The molecular weight excluding hydrogens is 266 g/mol. The van der Waals surface area contributed by atoms with Gasteiger partial charge in [0.2, 0.25) is 10.0 Å². The topological polar surface area (TPSA) is 94.1 Å². The summed E-state index contributed by atoms with van der Waals surface area (Å²) in [6, 6.07) is 2.82. The van der Waals surface area contributed by atoms with E-state index in [2.05, 4.69) is 9.97 Å². The monoisotopic (exact) mass is 279 g/mol. The molecule has 19 heavy (non-hydrogen) atoms. The Morgan fingerprint density at radius 2 is 2.05 bits per heavy atom. The second-order valence-corrected chi connectivity index (χ2v) is 6.23. The Bertz CT molecular complexity index is 709. The zero-order valence-electron chi connectivity index (χ0n) is 10.1. The molecule has 2 N–H and O–H groups in total. The van der Waals surface area contributed by atoms with E-state index in [1.54, 1.807) is 6.20 Å². The maximum Gasteiger partial charge on any atom is 0.243 e. The highest BCUT2D eigenvalue weighted by molar-refractivity contribution is 7.89. The fraction of sp³-hybridized carbons (Fsp3) is 0.273. The van der Waals surface area contributed by atoms with Crippen LogP contribution in [-0.4, -0.2) is 33.8 Å². The molecule has 100 valence electrons. The van der Waals surface area contributed by atoms with Crippen LogP contribution < -0.4 is 5.73 Å². The Morgan fingerprint density at radius 1 is 1.21 bits per heavy atom. The number of fused-ring (bicyclic) bond motifs is 1. The zero-order chi connectivity index (χ0) is 13.5. The fourth-order valence-electron chi connectivity index (χ4n) is 2.09. The van der Waals surface area contributed by atoms with Gasteiger partial charge in [-0.15, -0.1) is 0 Å². The van der Waals surface area contributed by atoms with Crippen molar-refractivity contribution in [1.29, 1.82) is 0 Å². The SMILES string of the molecule is Nc1cc(S(=O)(=O)N2CCn3ccnc3C2)ccn1. The summed E-state index contributed by atoms with van der Waals surface area (Å²) in [4.78, 5) is 8.12. The summed E-state index contributed by atoms with van der Waals surface area (Å²) in [7, 11) is -3.55. The van der Waals surface area contributed by atoms with Crippen LogP contribution in [-0.2, 0) is 23.1 Å². The first-order valence-corrected chi connectivity index (χ1v) is 7.23. The maximum absolute atomic E-state index is 12.5. The summed E-state index contributed by atoms with van der Waals surface area (Å²) in [5.41, 5.74) is 5.53. The number of nitrogens with zero attached hydrogens (tertiary/aromatic N) is 4. The van der Waals surface area contributed by atoms with Crippen LogP contribution in [0.4, 0.5) is 5.82 Å². The zero-order valence-corrected chi connectivity index (χ0v) is 10.9. The van der Waals surface area contributed by atoms with Crippen LogP contribution in [0.3, 0.4) is 0 Å². The molecule has 8 heteroatoms. The van der Waals surface area contributed by atoms with E-state index in [-0.39, 0.29) is 17.3 Å². The van der Waals surface area contributed by atoms with Crippen LogP contribution in [0.1, 0.15) is 5.82 Å². The van der Waals surface area contributed by atoms with Crippen molar-refractivity contribution in [3.63, 3.8) is 0 Å². The maximum atomic E-state index is 12.5. The number of nitrogens with two attached hydrogens (primary N) is 1. The van der Waals surface area contributed by atoms with E-state index in [4.69, 9.17) is 5.73 Å². The van der Waals surface area contributed by atoms with Gasteiger partial charge in [0, 0.05) is 37.7 Å². The second kappa shape index (κ2) is 4.32. The van der Waals surface area contributed by atoms with E-state index in [0.717, 1.165) is 5.82 Å². The summed E-state index contributed by atoms with van der Waals surface area (Å²) >= 11 is 0. The Morgan fingerprint density at radius 3 is 2.84 bits per heavy atom. The second-order valence-electron chi connectivity index (χ2n) is 4.29. The molecule has 3 rings (SSSR count). The molecule has 0 amide bonds. The molecule has 1 aliphatic heterocycles. The van der Waals surface area contributed by atoms with Crippen LogP contribution in [0.2, 0.25) is 0 Å². The van der Waals surface area contributed by atoms with Gasteiger partial charge >= 0.3 is 0 Å². The number of hydrogen-bond donors (Lipinski definition) is 1. The van der Waals surface area contributed by atoms with Gasteiger partial charge in [0.05, 0.1) is 11.4 Å². The quantitative estimate of drug-likeness (QED) is 0.839. The summed E-state index contributed by atoms with van der Waals surface area (Å²) < 4.78 is 28.3. The lowest BCUT2D eigenvalue weighted by atomic mass is 10.4. The lowest BCUT2D eigenvalue weighted by Crippen LogP contribution is -2.38. The predicted octanol–water partition coefficient (Wildman–Crippen LogP) is 0.0648. The molecule has 0 saturated carbocycles. The number of sulfonamides is 1. The van der Waals surface area contributed by atoms with Crippen LogP contribution in [0, 0.1) is 0 Å². The van der Waals surface area contributed by atoms with Crippen LogP contribution in [0.15, 0.2) is 35.6 Å². The Balaban J connectivity index is 1.94. The van der Waals surface area contributed by atoms with Gasteiger partial charge in [0.15, 0.2) is 0 Å². The van der Waals surface area contributed by atoms with Crippen molar-refractivity contribution < 1.29 is 8.42 Å². The molecule has 0 fully saturated rings. The highest BCUT2D eigenvalue weighted by atomic mass is 32.2. The third kappa shape index (κ3) is 2.08. The van der Waals surface area contributed by atoms with E-state index in [0.29, 0.717) is 13.1 Å². The molecule has 0 radical (unpaired) electrons. The molecule has 3 heterocycles. The van der Waals surface area contributed by atoms with Crippen molar-refractivity contribution >= 4 is 15.8 Å². The molecule has 2 aromatic heterocycles. The first-order valence-electron chi connectivity index (χ1n) is 5.79. The summed E-state index contributed by atoms with van der Waals surface area (Å²) in [5.74, 6) is 0.941. The van der Waals surface area contributed by atoms with Crippen LogP contribution in [0.25, 0.3) is 0 Å². The normalized spacial score (nSPS) is 16.2. The van der Waals surface area contributed by atoms with Crippen molar-refractivity contribution in [3.8, 4) is 0 Å². The largest absolute Gasteiger partial charge is 0.384 e. The molecule has 7 nitrogen and oxygen atoms in total. The molecule has 2 aromatic rings. The third-order valence-electron chi connectivity index (χ3n) is 3.10. The average molecular weight is 279 g/mol. The molecule has 1 aliphatic rings. The summed E-state index contributed by atoms with van der Waals surface area (Å²) in [5, 5.41) is 0. The lowest BCUT2D eigenvalue weighted by Gasteiger charge is -2.26. The first-order chi connectivity index (χ1) is 9.07. The molecule has 0 atom stereocenters. The van der Waals surface area contributed by atoms with Crippen LogP contribution >= 0.6 is 0 Å². The van der Waals surface area contributed by atoms with Gasteiger partial charge in [-0.3, -0.25) is 0 Å². The number of imidazole rings is 1. The van der Waals surface area contributed by atoms with Crippen molar-refractivity contribution in [3.05, 3.63) is 36.5 Å². The molecular formula is C11H13N5O2S. The molecule has 0 unspecified atom stereocenters. The Kier molecular flexibility index (Phi) is 2.76. The smallest absolute Gasteiger partial charge is 0.243 e. The van der Waals surface area contributed by atoms with Crippen molar-refractivity contribution in [2.45, 2.75) is 18.0 Å². The van der Waals surface area contributed by atoms with Gasteiger partial charge in [-0.1, -0.05) is 0 Å². The van der Waals surface area contributed by atoms with Crippen molar-refractivity contribution in [1.82, 2.24) is 18.8 Å². The van der Waals surface area contributed by atoms with E-state index < -0.39 is 10.0 Å². The third-order valence-corrected chi connectivity index (χ3v) is 4.94. The number of rotatable bonds is 2. The Hall–Kier alpha value is -1.93. The van der Waals surface area contributed by atoms with Gasteiger partial charge in [0.25, 0.3) is 0 Å². The average Bonchev–Trinajstić information content (AvgIpc) is 2.85. The first kappa shape index (κ1) is 12.1. The number of hydrogen-bond acceptors (Lipinski definition) is 5. The number of nitrogen functional groups attached to an aromatic ring is 1. The Labute approximate surface area is 110 Å². The van der Waals surface area contributed by atoms with Gasteiger partial charge in [-0.25, -0.2) is 18.4 Å². The highest BCUT2D eigenvalue weighted by Gasteiger charge is 2.28. The van der Waals surface area contributed by atoms with Gasteiger partial charge in [-0.2, -0.15) is 4.31 Å². The standard InChI is InChI=1S/C11H13N5O2S/c12-10-7-9(1-2-13-10)19(17,18)16-6-5-15-4-3-14-11(15)8-16/h1-4,7H,5-6,8H2,(H2,12,13). The van der Waals surface area contributed by atoms with Gasteiger partial charge in [0.1, 0.15) is 11.6 Å². The summed E-state index contributed by atoms with van der Waals surface area (Å²) in [6.45, 7) is 1.31. The van der Waals surface area contributed by atoms with Gasteiger partial charge < -0.3 is 10.3 Å². The fourth-order valence-corrected chi connectivity index (χ4v) is 3.50. The molecule has 0 aromatic carbocycles. The minimum Gasteiger partial charge on any atom is -0.384 e. The van der Waals surface area contributed by atoms with Crippen molar-refractivity contribution in [2.24, 2.45) is 0 Å². The predicted molar refractivity (Wildman–Crippen MR) is 68.5 cm³/mol. The van der Waals surface area contributed by atoms with E-state index in [9.17, 15) is 8.42 Å². The molecule has 0 spiro atoms. The number of anilines is 1. The van der Waals surface area contributed by atoms with E-state index in [1.165, 1.54) is 22.6 Å². The minimum absolute atomic E-state index is 0.167. The number of pyridine rings is 1. The molecule has 0 aliphatic carbocycles. The van der Waals surface area contributed by atoms with Crippen LogP contribution in [0.5, 0.6) is 0 Å². The minimum atomic E-state index is -3.55. The lowest BCUT2D eigenvalue weighted by molar-refractivity contribution is 0.335. The highest BCUT2D eigenvalue weighted by Crippen LogP contribution is 2.21. The molecule has 0 saturated heterocycles. The van der Waals surface area contributed by atoms with Crippen molar-refractivity contribution in [2.75, 3.05) is 12.3 Å². The molecule has 0 bridgehead atoms. The number of aromatic nitrogens is 3. The van der Waals surface area contributed by atoms with E-state index in [1.807, 2.05) is 10.8 Å². The van der Waals surface area contributed by atoms with Gasteiger partial charge in [-0.05, 0) is 6.07 Å².